The summed E-state index contributed by atoms with van der Waals surface area (Å²) < 4.78 is 47.0. The Balaban J connectivity index is 1.86. The van der Waals surface area contributed by atoms with Crippen LogP contribution in [0.15, 0.2) is 76.7 Å². The topological polar surface area (TPSA) is 88.1 Å². The molecule has 0 heterocycles. The third-order valence-corrected chi connectivity index (χ3v) is 6.83. The van der Waals surface area contributed by atoms with E-state index in [2.05, 4.69) is 10.5 Å². The molecule has 3 rings (SSSR count). The summed E-state index contributed by atoms with van der Waals surface area (Å²) in [5.74, 6) is -0.772. The van der Waals surface area contributed by atoms with E-state index < -0.39 is 28.3 Å². The lowest BCUT2D eigenvalue weighted by molar-refractivity contribution is -0.119. The largest absolute Gasteiger partial charge is 0.494 e. The summed E-state index contributed by atoms with van der Waals surface area (Å²) in [5, 5.41) is 3.85. The van der Waals surface area contributed by atoms with Crippen molar-refractivity contribution in [2.24, 2.45) is 5.10 Å². The van der Waals surface area contributed by atoms with Gasteiger partial charge in [0, 0.05) is 5.56 Å². The van der Waals surface area contributed by atoms with Gasteiger partial charge in [0.05, 0.1) is 28.4 Å². The van der Waals surface area contributed by atoms with E-state index >= 15 is 0 Å². The molecule has 1 N–H and O–H groups in total. The number of benzene rings is 3. The normalized spacial score (nSPS) is 11.4. The van der Waals surface area contributed by atoms with Crippen LogP contribution < -0.4 is 14.5 Å². The summed E-state index contributed by atoms with van der Waals surface area (Å²) in [4.78, 5) is 12.6. The summed E-state index contributed by atoms with van der Waals surface area (Å²) >= 11 is 5.94. The third kappa shape index (κ3) is 6.12. The molecule has 0 aliphatic rings. The van der Waals surface area contributed by atoms with Crippen molar-refractivity contribution in [3.63, 3.8) is 0 Å². The summed E-state index contributed by atoms with van der Waals surface area (Å²) in [6, 6.07) is 16.8. The van der Waals surface area contributed by atoms with Gasteiger partial charge in [0.25, 0.3) is 15.9 Å². The van der Waals surface area contributed by atoms with E-state index in [1.54, 1.807) is 36.4 Å². The number of amides is 1. The first kappa shape index (κ1) is 25.2. The van der Waals surface area contributed by atoms with E-state index in [1.807, 2.05) is 13.8 Å². The highest BCUT2D eigenvalue weighted by Gasteiger charge is 2.27. The number of hydrogen-bond acceptors (Lipinski definition) is 5. The van der Waals surface area contributed by atoms with Crippen molar-refractivity contribution >= 4 is 39.4 Å². The number of sulfonamides is 1. The lowest BCUT2D eigenvalue weighted by Crippen LogP contribution is -2.39. The standard InChI is InChI=1S/C24H23ClFN3O4S/c1-3-33-19-11-9-18(10-12-19)29(34(31,32)20-13-7-17(2)8-14-20)16-24(30)28-27-15-21-22(25)5-4-6-23(21)26/h4-15H,3,16H2,1-2H3,(H,28,30)/b27-15-. The fourth-order valence-corrected chi connectivity index (χ4v) is 4.63. The Morgan fingerprint density at radius 3 is 2.41 bits per heavy atom. The average molecular weight is 504 g/mol. The first-order chi connectivity index (χ1) is 16.2. The molecule has 0 aromatic heterocycles. The van der Waals surface area contributed by atoms with Crippen molar-refractivity contribution in [3.05, 3.63) is 88.7 Å². The summed E-state index contributed by atoms with van der Waals surface area (Å²) in [6.07, 6.45) is 1.06. The zero-order chi connectivity index (χ0) is 24.7. The van der Waals surface area contributed by atoms with Crippen LogP contribution in [0.2, 0.25) is 5.02 Å². The van der Waals surface area contributed by atoms with Gasteiger partial charge < -0.3 is 4.74 Å². The molecule has 0 atom stereocenters. The maximum absolute atomic E-state index is 13.9. The molecule has 0 saturated carbocycles. The van der Waals surface area contributed by atoms with Crippen LogP contribution in [0, 0.1) is 12.7 Å². The van der Waals surface area contributed by atoms with Gasteiger partial charge in [-0.3, -0.25) is 9.10 Å². The van der Waals surface area contributed by atoms with Gasteiger partial charge in [-0.1, -0.05) is 35.4 Å². The van der Waals surface area contributed by atoms with E-state index in [4.69, 9.17) is 16.3 Å². The number of hydrazone groups is 1. The molecule has 0 fully saturated rings. The second-order valence-electron chi connectivity index (χ2n) is 7.18. The minimum atomic E-state index is -4.08. The minimum absolute atomic E-state index is 0.000104. The Hall–Kier alpha value is -3.43. The van der Waals surface area contributed by atoms with Crippen molar-refractivity contribution in [1.82, 2.24) is 5.43 Å². The van der Waals surface area contributed by atoms with E-state index in [-0.39, 0.29) is 21.2 Å². The maximum Gasteiger partial charge on any atom is 0.264 e. The summed E-state index contributed by atoms with van der Waals surface area (Å²) in [6.45, 7) is 3.57. The van der Waals surface area contributed by atoms with Gasteiger partial charge in [0.15, 0.2) is 0 Å². The smallest absolute Gasteiger partial charge is 0.264 e. The van der Waals surface area contributed by atoms with Crippen LogP contribution in [0.5, 0.6) is 5.75 Å². The number of nitrogens with zero attached hydrogens (tertiary/aromatic N) is 2. The number of carbonyl (C=O) groups is 1. The molecule has 1 amide bonds. The van der Waals surface area contributed by atoms with Crippen LogP contribution >= 0.6 is 11.6 Å². The van der Waals surface area contributed by atoms with Crippen LogP contribution in [0.25, 0.3) is 0 Å². The number of nitrogens with one attached hydrogen (secondary N) is 1. The van der Waals surface area contributed by atoms with Gasteiger partial charge in [0.2, 0.25) is 0 Å². The number of rotatable bonds is 9. The second kappa shape index (κ2) is 11.1. The minimum Gasteiger partial charge on any atom is -0.494 e. The molecule has 34 heavy (non-hydrogen) atoms. The second-order valence-corrected chi connectivity index (χ2v) is 9.45. The van der Waals surface area contributed by atoms with Gasteiger partial charge in [-0.15, -0.1) is 0 Å². The number of carbonyl (C=O) groups excluding carboxylic acids is 1. The molecule has 178 valence electrons. The van der Waals surface area contributed by atoms with Crippen LogP contribution in [0.3, 0.4) is 0 Å². The molecule has 0 aliphatic carbocycles. The molecule has 7 nitrogen and oxygen atoms in total. The Bertz CT molecular complexity index is 1260. The third-order valence-electron chi connectivity index (χ3n) is 4.71. The molecule has 3 aromatic rings. The van der Waals surface area contributed by atoms with Gasteiger partial charge in [-0.25, -0.2) is 18.2 Å². The lowest BCUT2D eigenvalue weighted by Gasteiger charge is -2.24. The number of aryl methyl sites for hydroxylation is 1. The number of ether oxygens (including phenoxy) is 1. The Kier molecular flexibility index (Phi) is 8.25. The fraction of sp³-hybridized carbons (Fsp3) is 0.167. The quantitative estimate of drug-likeness (QED) is 0.343. The van der Waals surface area contributed by atoms with Crippen LogP contribution in [-0.2, 0) is 14.8 Å². The van der Waals surface area contributed by atoms with Gasteiger partial charge >= 0.3 is 0 Å². The predicted octanol–water partition coefficient (Wildman–Crippen LogP) is 4.53. The molecule has 0 spiro atoms. The van der Waals surface area contributed by atoms with Crippen molar-refractivity contribution in [2.45, 2.75) is 18.7 Å². The van der Waals surface area contributed by atoms with Crippen molar-refractivity contribution in [2.75, 3.05) is 17.5 Å². The highest BCUT2D eigenvalue weighted by atomic mass is 35.5. The molecular formula is C24H23ClFN3O4S. The molecule has 0 unspecified atom stereocenters. The fourth-order valence-electron chi connectivity index (χ4n) is 3.00. The van der Waals surface area contributed by atoms with E-state index in [1.165, 1.54) is 30.3 Å². The SMILES string of the molecule is CCOc1ccc(N(CC(=O)N/N=C\c2c(F)cccc2Cl)S(=O)(=O)c2ccc(C)cc2)cc1. The highest BCUT2D eigenvalue weighted by Crippen LogP contribution is 2.26. The zero-order valence-corrected chi connectivity index (χ0v) is 20.1. The van der Waals surface area contributed by atoms with Gasteiger partial charge in [-0.05, 0) is 62.4 Å². The summed E-state index contributed by atoms with van der Waals surface area (Å²) in [7, 11) is -4.08. The van der Waals surface area contributed by atoms with Gasteiger partial charge in [-0.2, -0.15) is 5.10 Å². The van der Waals surface area contributed by atoms with Crippen LogP contribution in [0.1, 0.15) is 18.1 Å². The molecule has 3 aromatic carbocycles. The van der Waals surface area contributed by atoms with Crippen molar-refractivity contribution < 1.29 is 22.3 Å². The number of halogens is 2. The molecule has 0 saturated heterocycles. The monoisotopic (exact) mass is 503 g/mol. The number of hydrogen-bond donors (Lipinski definition) is 1. The van der Waals surface area contributed by atoms with Crippen molar-refractivity contribution in [1.29, 1.82) is 0 Å². The number of anilines is 1. The highest BCUT2D eigenvalue weighted by molar-refractivity contribution is 7.92. The molecule has 0 bridgehead atoms. The maximum atomic E-state index is 13.9. The van der Waals surface area contributed by atoms with E-state index in [9.17, 15) is 17.6 Å². The van der Waals surface area contributed by atoms with Gasteiger partial charge in [0.1, 0.15) is 18.1 Å². The first-order valence-electron chi connectivity index (χ1n) is 10.3. The average Bonchev–Trinajstić information content (AvgIpc) is 2.80. The Labute approximate surface area is 202 Å². The first-order valence-corrected chi connectivity index (χ1v) is 12.1. The van der Waals surface area contributed by atoms with Crippen molar-refractivity contribution in [3.8, 4) is 5.75 Å². The van der Waals surface area contributed by atoms with E-state index in [0.29, 0.717) is 12.4 Å². The molecule has 10 heteroatoms. The van der Waals surface area contributed by atoms with E-state index in [0.717, 1.165) is 16.1 Å². The predicted molar refractivity (Wildman–Crippen MR) is 130 cm³/mol. The summed E-state index contributed by atoms with van der Waals surface area (Å²) in [5.41, 5.74) is 3.38. The Morgan fingerprint density at radius 2 is 1.79 bits per heavy atom. The molecular weight excluding hydrogens is 481 g/mol. The molecule has 0 aliphatic heterocycles. The lowest BCUT2D eigenvalue weighted by atomic mass is 10.2. The van der Waals surface area contributed by atoms with Crippen LogP contribution in [0.4, 0.5) is 10.1 Å². The zero-order valence-electron chi connectivity index (χ0n) is 18.5. The Morgan fingerprint density at radius 1 is 1.12 bits per heavy atom. The van der Waals surface area contributed by atoms with Crippen LogP contribution in [-0.4, -0.2) is 33.7 Å². The molecule has 0 radical (unpaired) electrons.